The topological polar surface area (TPSA) is 35.6 Å². The standard InChI is InChI=1S/C13H13ClN4/c1-9(14)13-16-11-5-3-4-6-12(11)18(13)10-7-15-17(2)8-10/h3-9H,1-2H3. The summed E-state index contributed by atoms with van der Waals surface area (Å²) in [5, 5.41) is 4.05. The Morgan fingerprint density at radius 3 is 2.72 bits per heavy atom. The maximum Gasteiger partial charge on any atom is 0.132 e. The molecule has 4 nitrogen and oxygen atoms in total. The molecule has 3 aromatic rings. The van der Waals surface area contributed by atoms with Gasteiger partial charge in [-0.1, -0.05) is 12.1 Å². The Kier molecular flexibility index (Phi) is 2.59. The Bertz CT molecular complexity index is 696. The molecule has 5 heteroatoms. The van der Waals surface area contributed by atoms with Gasteiger partial charge in [-0.2, -0.15) is 5.10 Å². The van der Waals surface area contributed by atoms with Gasteiger partial charge in [0, 0.05) is 13.2 Å². The first-order valence-electron chi connectivity index (χ1n) is 5.77. The Balaban J connectivity index is 2.34. The Hall–Kier alpha value is -1.81. The van der Waals surface area contributed by atoms with Crippen LogP contribution < -0.4 is 0 Å². The number of hydrogen-bond donors (Lipinski definition) is 0. The van der Waals surface area contributed by atoms with Gasteiger partial charge in [0.15, 0.2) is 0 Å². The molecule has 0 spiro atoms. The second-order valence-electron chi connectivity index (χ2n) is 4.28. The van der Waals surface area contributed by atoms with Crippen LogP contribution in [0.2, 0.25) is 0 Å². The molecule has 1 aromatic carbocycles. The lowest BCUT2D eigenvalue weighted by molar-refractivity contribution is 0.767. The number of nitrogens with zero attached hydrogens (tertiary/aromatic N) is 4. The molecule has 0 bridgehead atoms. The summed E-state index contributed by atoms with van der Waals surface area (Å²) < 4.78 is 3.83. The fraction of sp³-hybridized carbons (Fsp3) is 0.231. The molecular formula is C13H13ClN4. The maximum atomic E-state index is 6.23. The third-order valence-corrected chi connectivity index (χ3v) is 3.09. The largest absolute Gasteiger partial charge is 0.292 e. The van der Waals surface area contributed by atoms with Crippen LogP contribution >= 0.6 is 11.6 Å². The van der Waals surface area contributed by atoms with E-state index in [0.717, 1.165) is 22.5 Å². The molecule has 1 atom stereocenters. The van der Waals surface area contributed by atoms with Crippen molar-refractivity contribution in [1.82, 2.24) is 19.3 Å². The molecule has 0 amide bonds. The van der Waals surface area contributed by atoms with Crippen LogP contribution in [0.1, 0.15) is 18.1 Å². The number of para-hydroxylation sites is 2. The van der Waals surface area contributed by atoms with Gasteiger partial charge in [-0.15, -0.1) is 11.6 Å². The van der Waals surface area contributed by atoms with Gasteiger partial charge in [-0.25, -0.2) is 4.98 Å². The minimum atomic E-state index is -0.155. The van der Waals surface area contributed by atoms with Gasteiger partial charge in [0.25, 0.3) is 0 Å². The zero-order chi connectivity index (χ0) is 12.7. The summed E-state index contributed by atoms with van der Waals surface area (Å²) in [5.74, 6) is 0.839. The number of halogens is 1. The van der Waals surface area contributed by atoms with Crippen molar-refractivity contribution >= 4 is 22.6 Å². The number of aromatic nitrogens is 4. The van der Waals surface area contributed by atoms with Crippen molar-refractivity contribution in [2.24, 2.45) is 7.05 Å². The fourth-order valence-corrected chi connectivity index (χ4v) is 2.25. The average molecular weight is 261 g/mol. The lowest BCUT2D eigenvalue weighted by atomic mass is 10.3. The van der Waals surface area contributed by atoms with Crippen LogP contribution in [0.25, 0.3) is 16.7 Å². The van der Waals surface area contributed by atoms with Crippen molar-refractivity contribution in [1.29, 1.82) is 0 Å². The van der Waals surface area contributed by atoms with Crippen LogP contribution in [0.3, 0.4) is 0 Å². The van der Waals surface area contributed by atoms with Crippen LogP contribution in [0.4, 0.5) is 0 Å². The molecule has 18 heavy (non-hydrogen) atoms. The third-order valence-electron chi connectivity index (χ3n) is 2.89. The van der Waals surface area contributed by atoms with Crippen LogP contribution in [-0.4, -0.2) is 19.3 Å². The number of fused-ring (bicyclic) bond motifs is 1. The zero-order valence-electron chi connectivity index (χ0n) is 10.2. The van der Waals surface area contributed by atoms with Gasteiger partial charge in [-0.3, -0.25) is 9.25 Å². The van der Waals surface area contributed by atoms with Crippen molar-refractivity contribution in [2.45, 2.75) is 12.3 Å². The predicted octanol–water partition coefficient (Wildman–Crippen LogP) is 3.06. The van der Waals surface area contributed by atoms with E-state index in [9.17, 15) is 0 Å². The normalized spacial score (nSPS) is 13.1. The Morgan fingerprint density at radius 1 is 1.28 bits per heavy atom. The summed E-state index contributed by atoms with van der Waals surface area (Å²) in [6.45, 7) is 1.93. The second-order valence-corrected chi connectivity index (χ2v) is 4.94. The highest BCUT2D eigenvalue weighted by atomic mass is 35.5. The van der Waals surface area contributed by atoms with E-state index in [1.807, 2.05) is 50.6 Å². The van der Waals surface area contributed by atoms with E-state index >= 15 is 0 Å². The smallest absolute Gasteiger partial charge is 0.132 e. The van der Waals surface area contributed by atoms with E-state index in [2.05, 4.69) is 14.6 Å². The number of alkyl halides is 1. The number of rotatable bonds is 2. The molecule has 2 heterocycles. The van der Waals surface area contributed by atoms with Crippen molar-refractivity contribution in [3.05, 3.63) is 42.5 Å². The molecule has 0 radical (unpaired) electrons. The minimum absolute atomic E-state index is 0.155. The maximum absolute atomic E-state index is 6.23. The molecule has 0 aliphatic rings. The first-order chi connectivity index (χ1) is 8.66. The van der Waals surface area contributed by atoms with Crippen molar-refractivity contribution in [2.75, 3.05) is 0 Å². The average Bonchev–Trinajstić information content (AvgIpc) is 2.92. The summed E-state index contributed by atoms with van der Waals surface area (Å²) >= 11 is 6.23. The highest BCUT2D eigenvalue weighted by Crippen LogP contribution is 2.27. The fourth-order valence-electron chi connectivity index (χ4n) is 2.11. The van der Waals surface area contributed by atoms with Crippen molar-refractivity contribution < 1.29 is 0 Å². The van der Waals surface area contributed by atoms with E-state index in [-0.39, 0.29) is 5.38 Å². The molecule has 0 fully saturated rings. The van der Waals surface area contributed by atoms with E-state index in [0.29, 0.717) is 0 Å². The Labute approximate surface area is 110 Å². The SMILES string of the molecule is CC(Cl)c1nc2ccccc2n1-c1cnn(C)c1. The number of imidazole rings is 1. The molecule has 0 N–H and O–H groups in total. The van der Waals surface area contributed by atoms with Gasteiger partial charge in [0.2, 0.25) is 0 Å². The number of aryl methyl sites for hydroxylation is 1. The van der Waals surface area contributed by atoms with E-state index < -0.39 is 0 Å². The highest BCUT2D eigenvalue weighted by Gasteiger charge is 2.16. The van der Waals surface area contributed by atoms with Crippen molar-refractivity contribution in [3.8, 4) is 5.69 Å². The monoisotopic (exact) mass is 260 g/mol. The minimum Gasteiger partial charge on any atom is -0.292 e. The summed E-state index contributed by atoms with van der Waals surface area (Å²) in [4.78, 5) is 4.59. The van der Waals surface area contributed by atoms with Gasteiger partial charge in [-0.05, 0) is 19.1 Å². The molecule has 92 valence electrons. The van der Waals surface area contributed by atoms with E-state index in [4.69, 9.17) is 11.6 Å². The molecule has 2 aromatic heterocycles. The van der Waals surface area contributed by atoms with Crippen LogP contribution in [-0.2, 0) is 7.05 Å². The van der Waals surface area contributed by atoms with Gasteiger partial charge >= 0.3 is 0 Å². The molecule has 1 unspecified atom stereocenters. The summed E-state index contributed by atoms with van der Waals surface area (Å²) in [7, 11) is 1.90. The van der Waals surface area contributed by atoms with Crippen LogP contribution in [0.5, 0.6) is 0 Å². The third kappa shape index (κ3) is 1.69. The molecular weight excluding hydrogens is 248 g/mol. The zero-order valence-corrected chi connectivity index (χ0v) is 11.0. The lowest BCUT2D eigenvalue weighted by Crippen LogP contribution is -2.00. The van der Waals surface area contributed by atoms with Crippen LogP contribution in [0.15, 0.2) is 36.7 Å². The van der Waals surface area contributed by atoms with Gasteiger partial charge < -0.3 is 0 Å². The molecule has 3 rings (SSSR count). The first-order valence-corrected chi connectivity index (χ1v) is 6.21. The highest BCUT2D eigenvalue weighted by molar-refractivity contribution is 6.20. The molecule has 0 saturated heterocycles. The van der Waals surface area contributed by atoms with E-state index in [1.165, 1.54) is 0 Å². The van der Waals surface area contributed by atoms with Crippen LogP contribution in [0, 0.1) is 0 Å². The Morgan fingerprint density at radius 2 is 2.06 bits per heavy atom. The summed E-state index contributed by atoms with van der Waals surface area (Å²) in [6, 6.07) is 8.01. The summed E-state index contributed by atoms with van der Waals surface area (Å²) in [6.07, 6.45) is 3.77. The lowest BCUT2D eigenvalue weighted by Gasteiger charge is -2.07. The van der Waals surface area contributed by atoms with E-state index in [1.54, 1.807) is 4.68 Å². The predicted molar refractivity (Wildman–Crippen MR) is 72.1 cm³/mol. The van der Waals surface area contributed by atoms with Crippen molar-refractivity contribution in [3.63, 3.8) is 0 Å². The van der Waals surface area contributed by atoms with Gasteiger partial charge in [0.1, 0.15) is 5.82 Å². The number of benzene rings is 1. The summed E-state index contributed by atoms with van der Waals surface area (Å²) in [5.41, 5.74) is 2.98. The molecule has 0 aliphatic heterocycles. The van der Waals surface area contributed by atoms with Gasteiger partial charge in [0.05, 0.1) is 28.3 Å². The number of hydrogen-bond acceptors (Lipinski definition) is 2. The first kappa shape index (κ1) is 11.3. The molecule has 0 aliphatic carbocycles. The quantitative estimate of drug-likeness (QED) is 0.664. The second kappa shape index (κ2) is 4.14. The molecule has 0 saturated carbocycles.